The predicted octanol–water partition coefficient (Wildman–Crippen LogP) is 5.33. The van der Waals surface area contributed by atoms with Crippen molar-refractivity contribution in [3.05, 3.63) is 64.3 Å². The van der Waals surface area contributed by atoms with Crippen LogP contribution in [0.2, 0.25) is 0 Å². The molecule has 2 atom stereocenters. The van der Waals surface area contributed by atoms with E-state index in [0.717, 1.165) is 6.42 Å². The summed E-state index contributed by atoms with van der Waals surface area (Å²) in [5, 5.41) is 30.7. The summed E-state index contributed by atoms with van der Waals surface area (Å²) in [6, 6.07) is 12.7. The third kappa shape index (κ3) is 5.43. The van der Waals surface area contributed by atoms with Crippen LogP contribution in [0, 0.1) is 0 Å². The Morgan fingerprint density at radius 1 is 0.878 bits per heavy atom. The first-order chi connectivity index (χ1) is 19.9. The maximum atomic E-state index is 13.6. The molecule has 0 amide bonds. The summed E-state index contributed by atoms with van der Waals surface area (Å²) in [6.45, 7) is 4.25. The molecule has 1 aliphatic rings. The fourth-order valence-electron chi connectivity index (χ4n) is 4.65. The lowest BCUT2D eigenvalue weighted by Gasteiger charge is -2.33. The molecular weight excluding hydrogens is 532 g/mol. The molecule has 3 aromatic carbocycles. The van der Waals surface area contributed by atoms with E-state index in [1.54, 1.807) is 36.4 Å². The smallest absolute Gasteiger partial charge is 0.239 e. The molecule has 10 heteroatoms. The first-order valence-electron chi connectivity index (χ1n) is 13.4. The van der Waals surface area contributed by atoms with Gasteiger partial charge in [0, 0.05) is 23.3 Å². The number of aliphatic hydroxyl groups excluding tert-OH is 1. The van der Waals surface area contributed by atoms with Crippen LogP contribution in [-0.4, -0.2) is 48.4 Å². The van der Waals surface area contributed by atoms with Crippen molar-refractivity contribution in [1.29, 1.82) is 0 Å². The maximum absolute atomic E-state index is 13.6. The number of phenols is 2. The number of rotatable bonds is 10. The molecule has 1 aliphatic heterocycles. The molecule has 216 valence electrons. The molecule has 0 radical (unpaired) electrons. The Morgan fingerprint density at radius 3 is 2.39 bits per heavy atom. The topological polar surface area (TPSA) is 137 Å². The van der Waals surface area contributed by atoms with Crippen molar-refractivity contribution >= 4 is 11.0 Å². The Morgan fingerprint density at radius 2 is 1.66 bits per heavy atom. The van der Waals surface area contributed by atoms with Crippen molar-refractivity contribution in [2.75, 3.05) is 26.9 Å². The van der Waals surface area contributed by atoms with Crippen LogP contribution in [0.5, 0.6) is 40.2 Å². The van der Waals surface area contributed by atoms with Gasteiger partial charge in [-0.2, -0.15) is 0 Å². The average molecular weight is 565 g/mol. The lowest BCUT2D eigenvalue weighted by molar-refractivity contribution is -0.0123. The Labute approximate surface area is 236 Å². The highest BCUT2D eigenvalue weighted by atomic mass is 16.6. The number of methoxy groups -OCH3 is 1. The van der Waals surface area contributed by atoms with Crippen molar-refractivity contribution < 1.29 is 43.4 Å². The van der Waals surface area contributed by atoms with Crippen molar-refractivity contribution in [2.24, 2.45) is 0 Å². The second-order valence-electron chi connectivity index (χ2n) is 9.57. The molecule has 2 heterocycles. The zero-order valence-electron chi connectivity index (χ0n) is 23.0. The number of benzene rings is 3. The fourth-order valence-corrected chi connectivity index (χ4v) is 4.65. The minimum Gasteiger partial charge on any atom is -0.507 e. The first-order valence-corrected chi connectivity index (χ1v) is 13.4. The zero-order valence-corrected chi connectivity index (χ0v) is 23.0. The van der Waals surface area contributed by atoms with Crippen molar-refractivity contribution in [3.63, 3.8) is 0 Å². The van der Waals surface area contributed by atoms with Crippen LogP contribution in [0.1, 0.15) is 38.4 Å². The minimum atomic E-state index is -0.730. The molecule has 10 nitrogen and oxygen atoms in total. The molecule has 3 N–H and O–H groups in total. The van der Waals surface area contributed by atoms with E-state index in [1.165, 1.54) is 19.2 Å². The Bertz CT molecular complexity index is 1610. The molecule has 41 heavy (non-hydrogen) atoms. The van der Waals surface area contributed by atoms with Crippen molar-refractivity contribution in [1.82, 2.24) is 0 Å². The Balaban J connectivity index is 1.61. The summed E-state index contributed by atoms with van der Waals surface area (Å²) in [4.78, 5) is 13.6. The highest BCUT2D eigenvalue weighted by molar-refractivity contribution is 5.88. The summed E-state index contributed by atoms with van der Waals surface area (Å²) in [7, 11) is 1.44. The lowest BCUT2D eigenvalue weighted by Crippen LogP contribution is -2.36. The third-order valence-electron chi connectivity index (χ3n) is 6.62. The van der Waals surface area contributed by atoms with Crippen molar-refractivity contribution in [3.8, 4) is 51.6 Å². The number of hydrogen-bond acceptors (Lipinski definition) is 10. The monoisotopic (exact) mass is 564 g/mol. The summed E-state index contributed by atoms with van der Waals surface area (Å²) in [5.41, 5.74) is 0.720. The molecule has 4 aromatic rings. The zero-order chi connectivity index (χ0) is 29.1. The number of aromatic hydroxyl groups is 2. The highest BCUT2D eigenvalue weighted by Crippen LogP contribution is 2.44. The summed E-state index contributed by atoms with van der Waals surface area (Å²) >= 11 is 0. The van der Waals surface area contributed by atoms with Gasteiger partial charge in [0.05, 0.1) is 26.9 Å². The van der Waals surface area contributed by atoms with E-state index in [2.05, 4.69) is 0 Å². The molecule has 0 saturated carbocycles. The van der Waals surface area contributed by atoms with E-state index >= 15 is 0 Å². The largest absolute Gasteiger partial charge is 0.507 e. The summed E-state index contributed by atoms with van der Waals surface area (Å²) in [6.07, 6.45) is -0.0425. The van der Waals surface area contributed by atoms with Gasteiger partial charge in [0.15, 0.2) is 41.0 Å². The molecule has 0 fully saturated rings. The van der Waals surface area contributed by atoms with Crippen LogP contribution in [0.25, 0.3) is 22.3 Å². The number of ether oxygens (including phenoxy) is 5. The molecule has 2 unspecified atom stereocenters. The van der Waals surface area contributed by atoms with Gasteiger partial charge < -0.3 is 43.4 Å². The molecular formula is C31H32O10. The number of aliphatic hydroxyl groups is 1. The van der Waals surface area contributed by atoms with E-state index in [0.29, 0.717) is 41.4 Å². The number of hydrogen-bond donors (Lipinski definition) is 3. The van der Waals surface area contributed by atoms with E-state index < -0.39 is 17.6 Å². The first kappa shape index (κ1) is 28.0. The van der Waals surface area contributed by atoms with E-state index in [1.807, 2.05) is 13.8 Å². The predicted molar refractivity (Wildman–Crippen MR) is 151 cm³/mol. The van der Waals surface area contributed by atoms with Gasteiger partial charge in [0.2, 0.25) is 11.2 Å². The van der Waals surface area contributed by atoms with Crippen LogP contribution >= 0.6 is 0 Å². The van der Waals surface area contributed by atoms with E-state index in [-0.39, 0.29) is 52.9 Å². The summed E-state index contributed by atoms with van der Waals surface area (Å²) < 4.78 is 35.3. The second-order valence-corrected chi connectivity index (χ2v) is 9.57. The van der Waals surface area contributed by atoms with Crippen LogP contribution in [0.4, 0.5) is 0 Å². The van der Waals surface area contributed by atoms with Gasteiger partial charge in [0.25, 0.3) is 0 Å². The Kier molecular flexibility index (Phi) is 8.11. The van der Waals surface area contributed by atoms with Gasteiger partial charge in [-0.05, 0) is 43.2 Å². The molecule has 0 saturated heterocycles. The molecule has 0 spiro atoms. The molecule has 1 aromatic heterocycles. The minimum absolute atomic E-state index is 0.00614. The van der Waals surface area contributed by atoms with Crippen LogP contribution in [-0.2, 0) is 0 Å². The van der Waals surface area contributed by atoms with Gasteiger partial charge >= 0.3 is 0 Å². The fraction of sp³-hybridized carbons (Fsp3) is 0.323. The number of fused-ring (bicyclic) bond motifs is 2. The molecule has 5 rings (SSSR count). The van der Waals surface area contributed by atoms with Crippen LogP contribution in [0.15, 0.2) is 57.7 Å². The molecule has 0 aliphatic carbocycles. The standard InChI is InChI=1S/C31H32O10/c1-4-10-37-19-14-21(34)27-25(15-19)41-30(31(28(27)35)38-11-5-2)18-7-9-22-24(13-18)40-29(26(16-32)39-22)17-6-8-20(33)23(12-17)36-3/h6-9,12-15,26,29,32-34H,4-5,10-11,16H2,1-3H3. The quantitative estimate of drug-likeness (QED) is 0.232. The van der Waals surface area contributed by atoms with E-state index in [9.17, 15) is 20.1 Å². The van der Waals surface area contributed by atoms with Crippen LogP contribution < -0.4 is 29.1 Å². The number of phenolic OH excluding ortho intramolecular Hbond substituents is 2. The van der Waals surface area contributed by atoms with Gasteiger partial charge in [-0.3, -0.25) is 4.79 Å². The Hall–Kier alpha value is -4.57. The van der Waals surface area contributed by atoms with Gasteiger partial charge in [0.1, 0.15) is 22.5 Å². The highest BCUT2D eigenvalue weighted by Gasteiger charge is 2.34. The lowest BCUT2D eigenvalue weighted by atomic mass is 10.0. The van der Waals surface area contributed by atoms with Crippen LogP contribution in [0.3, 0.4) is 0 Å². The normalized spacial score (nSPS) is 16.0. The second kappa shape index (κ2) is 11.9. The van der Waals surface area contributed by atoms with Gasteiger partial charge in [-0.15, -0.1) is 0 Å². The summed E-state index contributed by atoms with van der Waals surface area (Å²) in [5.74, 6) is 1.18. The molecule has 0 bridgehead atoms. The maximum Gasteiger partial charge on any atom is 0.239 e. The SMILES string of the molecule is CCCOc1cc(O)c2c(=O)c(OCCC)c(-c3ccc4c(c3)OC(c3ccc(O)c(OC)c3)C(CO)O4)oc2c1. The third-order valence-corrected chi connectivity index (χ3v) is 6.62. The van der Waals surface area contributed by atoms with Gasteiger partial charge in [-0.1, -0.05) is 19.9 Å². The van der Waals surface area contributed by atoms with Gasteiger partial charge in [-0.25, -0.2) is 0 Å². The van der Waals surface area contributed by atoms with E-state index in [4.69, 9.17) is 28.1 Å². The average Bonchev–Trinajstić information content (AvgIpc) is 2.98. The van der Waals surface area contributed by atoms with Crippen molar-refractivity contribution in [2.45, 2.75) is 38.9 Å².